The lowest BCUT2D eigenvalue weighted by Crippen LogP contribution is -2.29. The lowest BCUT2D eigenvalue weighted by molar-refractivity contribution is 0.389. The second kappa shape index (κ2) is 7.37. The van der Waals surface area contributed by atoms with Crippen molar-refractivity contribution in [2.75, 3.05) is 0 Å². The predicted octanol–water partition coefficient (Wildman–Crippen LogP) is 5.20. The third-order valence-electron chi connectivity index (χ3n) is 3.72. The molecule has 0 spiro atoms. The topological polar surface area (TPSA) is 12.0 Å². The van der Waals surface area contributed by atoms with Crippen molar-refractivity contribution in [2.24, 2.45) is 0 Å². The zero-order chi connectivity index (χ0) is 12.8. The van der Waals surface area contributed by atoms with Crippen LogP contribution in [-0.4, -0.2) is 6.04 Å². The van der Waals surface area contributed by atoms with Gasteiger partial charge in [-0.1, -0.05) is 67.4 Å². The van der Waals surface area contributed by atoms with Gasteiger partial charge >= 0.3 is 0 Å². The van der Waals surface area contributed by atoms with Gasteiger partial charge in [-0.3, -0.25) is 0 Å². The molecule has 1 saturated carbocycles. The highest BCUT2D eigenvalue weighted by atomic mass is 35.5. The van der Waals surface area contributed by atoms with Gasteiger partial charge in [0, 0.05) is 12.6 Å². The van der Waals surface area contributed by atoms with E-state index in [1.54, 1.807) is 0 Å². The molecule has 0 bridgehead atoms. The first-order chi connectivity index (χ1) is 8.77. The Balaban J connectivity index is 1.87. The zero-order valence-corrected chi connectivity index (χ0v) is 12.2. The van der Waals surface area contributed by atoms with E-state index in [0.29, 0.717) is 16.1 Å². The van der Waals surface area contributed by atoms with Crippen LogP contribution < -0.4 is 5.32 Å². The quantitative estimate of drug-likeness (QED) is 0.805. The van der Waals surface area contributed by atoms with Crippen LogP contribution in [0.2, 0.25) is 10.0 Å². The van der Waals surface area contributed by atoms with E-state index in [2.05, 4.69) is 5.32 Å². The maximum absolute atomic E-state index is 6.20. The second-order valence-corrected chi connectivity index (χ2v) is 5.92. The molecule has 0 radical (unpaired) electrons. The summed E-state index contributed by atoms with van der Waals surface area (Å²) in [5.74, 6) is 0. The van der Waals surface area contributed by atoms with Crippen molar-refractivity contribution < 1.29 is 0 Å². The normalized spacial score (nSPS) is 18.3. The molecule has 1 aliphatic carbocycles. The van der Waals surface area contributed by atoms with Crippen LogP contribution in [0.1, 0.15) is 50.5 Å². The minimum absolute atomic E-state index is 0.639. The molecule has 0 heterocycles. The van der Waals surface area contributed by atoms with Crippen molar-refractivity contribution >= 4 is 23.2 Å². The number of hydrogen-bond donors (Lipinski definition) is 1. The molecule has 2 rings (SSSR count). The molecule has 1 aliphatic rings. The summed E-state index contributed by atoms with van der Waals surface area (Å²) in [6, 6.07) is 6.48. The summed E-state index contributed by atoms with van der Waals surface area (Å²) in [6.45, 7) is 0.823. The molecule has 100 valence electrons. The Morgan fingerprint density at radius 2 is 1.67 bits per heavy atom. The van der Waals surface area contributed by atoms with E-state index in [0.717, 1.165) is 12.1 Å². The van der Waals surface area contributed by atoms with Crippen LogP contribution in [0.3, 0.4) is 0 Å². The van der Waals surface area contributed by atoms with E-state index in [4.69, 9.17) is 23.2 Å². The summed E-state index contributed by atoms with van der Waals surface area (Å²) in [5, 5.41) is 4.97. The molecule has 18 heavy (non-hydrogen) atoms. The van der Waals surface area contributed by atoms with Crippen molar-refractivity contribution in [3.05, 3.63) is 33.8 Å². The van der Waals surface area contributed by atoms with E-state index >= 15 is 0 Å². The van der Waals surface area contributed by atoms with Gasteiger partial charge in [0.1, 0.15) is 0 Å². The van der Waals surface area contributed by atoms with Crippen LogP contribution in [-0.2, 0) is 6.54 Å². The molecule has 0 unspecified atom stereocenters. The van der Waals surface area contributed by atoms with E-state index in [1.807, 2.05) is 18.2 Å². The summed E-state index contributed by atoms with van der Waals surface area (Å²) in [7, 11) is 0. The number of hydrogen-bond acceptors (Lipinski definition) is 1. The fourth-order valence-electron chi connectivity index (χ4n) is 2.60. The van der Waals surface area contributed by atoms with Gasteiger partial charge < -0.3 is 5.32 Å². The number of rotatable bonds is 3. The summed E-state index contributed by atoms with van der Waals surface area (Å²) in [5.41, 5.74) is 1.10. The van der Waals surface area contributed by atoms with Crippen molar-refractivity contribution in [1.82, 2.24) is 5.32 Å². The highest BCUT2D eigenvalue weighted by Gasteiger charge is 2.11. The summed E-state index contributed by atoms with van der Waals surface area (Å²) < 4.78 is 0. The smallest absolute Gasteiger partial charge is 0.0637 e. The van der Waals surface area contributed by atoms with E-state index in [9.17, 15) is 0 Å². The van der Waals surface area contributed by atoms with Crippen molar-refractivity contribution in [3.8, 4) is 0 Å². The van der Waals surface area contributed by atoms with Gasteiger partial charge in [0.25, 0.3) is 0 Å². The Kier molecular flexibility index (Phi) is 5.81. The van der Waals surface area contributed by atoms with Gasteiger partial charge in [-0.15, -0.1) is 0 Å². The maximum Gasteiger partial charge on any atom is 0.0637 e. The fraction of sp³-hybridized carbons (Fsp3) is 0.600. The minimum atomic E-state index is 0.639. The largest absolute Gasteiger partial charge is 0.310 e. The predicted molar refractivity (Wildman–Crippen MR) is 79.4 cm³/mol. The molecule has 1 nitrogen and oxygen atoms in total. The summed E-state index contributed by atoms with van der Waals surface area (Å²) >= 11 is 12.2. The average Bonchev–Trinajstić information content (AvgIpc) is 2.32. The van der Waals surface area contributed by atoms with Crippen LogP contribution in [0.4, 0.5) is 0 Å². The van der Waals surface area contributed by atoms with E-state index in [-0.39, 0.29) is 0 Å². The monoisotopic (exact) mass is 285 g/mol. The van der Waals surface area contributed by atoms with Crippen molar-refractivity contribution in [3.63, 3.8) is 0 Å². The van der Waals surface area contributed by atoms with Crippen LogP contribution in [0, 0.1) is 0 Å². The van der Waals surface area contributed by atoms with Crippen molar-refractivity contribution in [1.29, 1.82) is 0 Å². The Labute approximate surface area is 120 Å². The maximum atomic E-state index is 6.20. The third-order valence-corrected chi connectivity index (χ3v) is 4.58. The minimum Gasteiger partial charge on any atom is -0.310 e. The SMILES string of the molecule is Clc1cccc(CNC2CCCCCCC2)c1Cl. The van der Waals surface area contributed by atoms with Crippen LogP contribution in [0.5, 0.6) is 0 Å². The first-order valence-electron chi connectivity index (χ1n) is 6.93. The lowest BCUT2D eigenvalue weighted by atomic mass is 9.96. The van der Waals surface area contributed by atoms with Gasteiger partial charge in [-0.25, -0.2) is 0 Å². The molecule has 1 aromatic rings. The zero-order valence-electron chi connectivity index (χ0n) is 10.7. The highest BCUT2D eigenvalue weighted by Crippen LogP contribution is 2.26. The molecule has 0 amide bonds. The molecule has 0 saturated heterocycles. The van der Waals surface area contributed by atoms with Gasteiger partial charge in [-0.2, -0.15) is 0 Å². The van der Waals surface area contributed by atoms with E-state index < -0.39 is 0 Å². The molecule has 0 aromatic heterocycles. The number of benzene rings is 1. The highest BCUT2D eigenvalue weighted by molar-refractivity contribution is 6.42. The van der Waals surface area contributed by atoms with Crippen LogP contribution >= 0.6 is 23.2 Å². The Morgan fingerprint density at radius 1 is 1.00 bits per heavy atom. The Morgan fingerprint density at radius 3 is 2.39 bits per heavy atom. The fourth-order valence-corrected chi connectivity index (χ4v) is 2.99. The molecule has 0 atom stereocenters. The summed E-state index contributed by atoms with van der Waals surface area (Å²) in [6.07, 6.45) is 9.46. The molecular weight excluding hydrogens is 265 g/mol. The summed E-state index contributed by atoms with van der Waals surface area (Å²) in [4.78, 5) is 0. The lowest BCUT2D eigenvalue weighted by Gasteiger charge is -2.21. The third kappa shape index (κ3) is 4.15. The number of nitrogens with one attached hydrogen (secondary N) is 1. The molecule has 3 heteroatoms. The standard InChI is InChI=1S/C15H21Cl2N/c16-14-10-6-7-12(15(14)17)11-18-13-8-4-2-1-3-5-9-13/h6-7,10,13,18H,1-5,8-9,11H2. The first kappa shape index (κ1) is 14.2. The van der Waals surface area contributed by atoms with Crippen LogP contribution in [0.15, 0.2) is 18.2 Å². The first-order valence-corrected chi connectivity index (χ1v) is 7.69. The molecule has 1 fully saturated rings. The van der Waals surface area contributed by atoms with Gasteiger partial charge in [0.05, 0.1) is 10.0 Å². The van der Waals surface area contributed by atoms with Crippen molar-refractivity contribution in [2.45, 2.75) is 57.5 Å². The second-order valence-electron chi connectivity index (χ2n) is 5.14. The molecule has 0 aliphatic heterocycles. The van der Waals surface area contributed by atoms with Gasteiger partial charge in [-0.05, 0) is 24.5 Å². The molecular formula is C15H21Cl2N. The van der Waals surface area contributed by atoms with Gasteiger partial charge in [0.15, 0.2) is 0 Å². The Hall–Kier alpha value is -0.240. The average molecular weight is 286 g/mol. The Bertz CT molecular complexity index is 371. The molecule has 1 N–H and O–H groups in total. The van der Waals surface area contributed by atoms with E-state index in [1.165, 1.54) is 44.9 Å². The van der Waals surface area contributed by atoms with Gasteiger partial charge in [0.2, 0.25) is 0 Å². The number of halogens is 2. The van der Waals surface area contributed by atoms with Crippen LogP contribution in [0.25, 0.3) is 0 Å². The molecule has 1 aromatic carbocycles.